The molecule has 0 nitrogen and oxygen atoms in total. The van der Waals surface area contributed by atoms with Crippen LogP contribution in [0, 0.1) is 40.4 Å². The summed E-state index contributed by atoms with van der Waals surface area (Å²) >= 11 is 0. The molecule has 29 heavy (non-hydrogen) atoms. The first kappa shape index (κ1) is 20.7. The number of hydrogen-bond acceptors (Lipinski definition) is 0. The molecule has 0 heterocycles. The molecule has 6 unspecified atom stereocenters. The Hall–Kier alpha value is -1.56. The number of allylic oxidation sites excluding steroid dienone is 11. The van der Waals surface area contributed by atoms with E-state index in [1.54, 1.807) is 5.57 Å². The number of rotatable bonds is 7. The fourth-order valence-electron chi connectivity index (χ4n) is 7.85. The van der Waals surface area contributed by atoms with Gasteiger partial charge in [-0.3, -0.25) is 0 Å². The molecule has 0 saturated heterocycles. The van der Waals surface area contributed by atoms with Crippen LogP contribution in [0.15, 0.2) is 72.9 Å². The van der Waals surface area contributed by atoms with E-state index >= 15 is 0 Å². The highest BCUT2D eigenvalue weighted by molar-refractivity contribution is 5.33. The van der Waals surface area contributed by atoms with Crippen LogP contribution in [0.3, 0.4) is 0 Å². The van der Waals surface area contributed by atoms with E-state index in [9.17, 15) is 0 Å². The average molecular weight is 389 g/mol. The molecule has 0 aliphatic heterocycles. The Bertz CT molecular complexity index is 753. The van der Waals surface area contributed by atoms with Crippen molar-refractivity contribution in [2.75, 3.05) is 0 Å². The van der Waals surface area contributed by atoms with Crippen molar-refractivity contribution in [3.63, 3.8) is 0 Å². The molecule has 0 radical (unpaired) electrons. The Morgan fingerprint density at radius 1 is 1.00 bits per heavy atom. The molecular weight excluding hydrogens is 348 g/mol. The molecule has 1 saturated carbocycles. The summed E-state index contributed by atoms with van der Waals surface area (Å²) in [5, 5.41) is 0. The molecular formula is C29H40. The summed E-state index contributed by atoms with van der Waals surface area (Å²) in [7, 11) is 0. The average Bonchev–Trinajstić information content (AvgIpc) is 3.32. The molecule has 6 atom stereocenters. The van der Waals surface area contributed by atoms with Crippen LogP contribution in [0.4, 0.5) is 0 Å². The summed E-state index contributed by atoms with van der Waals surface area (Å²) in [6.45, 7) is 11.7. The molecule has 0 bridgehead atoms. The molecule has 1 fully saturated rings. The second kappa shape index (κ2) is 8.29. The summed E-state index contributed by atoms with van der Waals surface area (Å²) in [4.78, 5) is 0. The van der Waals surface area contributed by atoms with Crippen molar-refractivity contribution in [1.29, 1.82) is 0 Å². The zero-order valence-electron chi connectivity index (χ0n) is 18.8. The van der Waals surface area contributed by atoms with E-state index in [4.69, 9.17) is 0 Å². The van der Waals surface area contributed by atoms with E-state index in [1.165, 1.54) is 38.5 Å². The number of fused-ring (bicyclic) bond motifs is 3. The highest BCUT2D eigenvalue weighted by atomic mass is 14.6. The molecule has 0 N–H and O–H groups in total. The van der Waals surface area contributed by atoms with Crippen molar-refractivity contribution < 1.29 is 0 Å². The molecule has 0 spiro atoms. The van der Waals surface area contributed by atoms with Crippen molar-refractivity contribution in [2.45, 2.75) is 65.7 Å². The van der Waals surface area contributed by atoms with Gasteiger partial charge in [-0.2, -0.15) is 0 Å². The van der Waals surface area contributed by atoms with Gasteiger partial charge in [-0.05, 0) is 85.4 Å². The van der Waals surface area contributed by atoms with Crippen molar-refractivity contribution in [3.8, 4) is 0 Å². The van der Waals surface area contributed by atoms with Gasteiger partial charge in [0.25, 0.3) is 0 Å². The van der Waals surface area contributed by atoms with Gasteiger partial charge in [0.05, 0.1) is 0 Å². The lowest BCUT2D eigenvalue weighted by Gasteiger charge is -2.63. The summed E-state index contributed by atoms with van der Waals surface area (Å²) < 4.78 is 0. The third kappa shape index (κ3) is 3.18. The maximum Gasteiger partial charge on any atom is -0.00739 e. The Kier molecular flexibility index (Phi) is 5.92. The minimum atomic E-state index is 0.259. The maximum atomic E-state index is 4.09. The number of hydrogen-bond donors (Lipinski definition) is 0. The summed E-state index contributed by atoms with van der Waals surface area (Å²) in [6.07, 6.45) is 33.1. The van der Waals surface area contributed by atoms with Gasteiger partial charge in [0.1, 0.15) is 0 Å². The van der Waals surface area contributed by atoms with Gasteiger partial charge in [0.2, 0.25) is 0 Å². The monoisotopic (exact) mass is 388 g/mol. The molecule has 156 valence electrons. The lowest BCUT2D eigenvalue weighted by Crippen LogP contribution is -2.57. The predicted molar refractivity (Wildman–Crippen MR) is 126 cm³/mol. The fourth-order valence-corrected chi connectivity index (χ4v) is 7.85. The van der Waals surface area contributed by atoms with E-state index in [0.717, 1.165) is 6.42 Å². The summed E-state index contributed by atoms with van der Waals surface area (Å²) in [6, 6.07) is 0. The molecule has 0 amide bonds. The Labute approximate surface area is 179 Å². The SMILES string of the molecule is C=CCCC(C)(C1=CCCC1)C1C2C=CC=CC2C2C=CC=CC2C1(CC)CC. The van der Waals surface area contributed by atoms with Crippen molar-refractivity contribution in [1.82, 2.24) is 0 Å². The highest BCUT2D eigenvalue weighted by Gasteiger charge is 2.60. The minimum Gasteiger partial charge on any atom is -0.103 e. The van der Waals surface area contributed by atoms with Gasteiger partial charge in [0.15, 0.2) is 0 Å². The fraction of sp³-hybridized carbons (Fsp3) is 0.586. The van der Waals surface area contributed by atoms with E-state index in [2.05, 4.69) is 88.1 Å². The third-order valence-electron chi connectivity index (χ3n) is 9.16. The quantitative estimate of drug-likeness (QED) is 0.385. The molecule has 0 aromatic carbocycles. The summed E-state index contributed by atoms with van der Waals surface area (Å²) in [5.74, 6) is 3.23. The normalized spacial score (nSPS) is 36.2. The van der Waals surface area contributed by atoms with Crippen LogP contribution in [0.25, 0.3) is 0 Å². The van der Waals surface area contributed by atoms with E-state index in [-0.39, 0.29) is 5.41 Å². The van der Waals surface area contributed by atoms with Crippen LogP contribution in [-0.2, 0) is 0 Å². The Balaban J connectivity index is 1.89. The van der Waals surface area contributed by atoms with E-state index < -0.39 is 0 Å². The Morgan fingerprint density at radius 2 is 1.66 bits per heavy atom. The van der Waals surface area contributed by atoms with E-state index in [0.29, 0.717) is 35.0 Å². The van der Waals surface area contributed by atoms with Crippen molar-refractivity contribution in [2.24, 2.45) is 40.4 Å². The molecule has 0 aromatic rings. The van der Waals surface area contributed by atoms with Crippen LogP contribution in [-0.4, -0.2) is 0 Å². The summed E-state index contributed by atoms with van der Waals surface area (Å²) in [5.41, 5.74) is 2.36. The lowest BCUT2D eigenvalue weighted by atomic mass is 9.40. The second-order valence-electron chi connectivity index (χ2n) is 10.1. The van der Waals surface area contributed by atoms with Gasteiger partial charge >= 0.3 is 0 Å². The highest BCUT2D eigenvalue weighted by Crippen LogP contribution is 2.67. The Morgan fingerprint density at radius 3 is 2.28 bits per heavy atom. The molecule has 0 aromatic heterocycles. The van der Waals surface area contributed by atoms with Gasteiger partial charge in [-0.25, -0.2) is 0 Å². The topological polar surface area (TPSA) is 0 Å². The lowest BCUT2D eigenvalue weighted by molar-refractivity contribution is -0.0928. The van der Waals surface area contributed by atoms with Crippen LogP contribution in [0.2, 0.25) is 0 Å². The molecule has 4 aliphatic carbocycles. The molecule has 0 heteroatoms. The standard InChI is InChI=1S/C29H40/c1-5-8-21-28(4,22-15-9-10-16-22)27-25-19-12-11-17-23(25)24-18-13-14-20-26(24)29(27,6-2)7-3/h5,11-15,17-20,23-27H,1,6-10,16,21H2,2-4H3. The minimum absolute atomic E-state index is 0.259. The van der Waals surface area contributed by atoms with Gasteiger partial charge in [-0.15, -0.1) is 6.58 Å². The smallest absolute Gasteiger partial charge is 0.00739 e. The van der Waals surface area contributed by atoms with Gasteiger partial charge < -0.3 is 0 Å². The zero-order chi connectivity index (χ0) is 20.5. The van der Waals surface area contributed by atoms with Crippen molar-refractivity contribution in [3.05, 3.63) is 72.9 Å². The first-order chi connectivity index (χ1) is 14.1. The third-order valence-corrected chi connectivity index (χ3v) is 9.16. The molecule has 4 aliphatic rings. The maximum absolute atomic E-state index is 4.09. The second-order valence-corrected chi connectivity index (χ2v) is 10.1. The van der Waals surface area contributed by atoms with Crippen molar-refractivity contribution >= 4 is 0 Å². The van der Waals surface area contributed by atoms with Crippen LogP contribution >= 0.6 is 0 Å². The largest absolute Gasteiger partial charge is 0.103 e. The van der Waals surface area contributed by atoms with Crippen LogP contribution in [0.1, 0.15) is 65.7 Å². The van der Waals surface area contributed by atoms with Crippen LogP contribution in [0.5, 0.6) is 0 Å². The first-order valence-corrected chi connectivity index (χ1v) is 12.1. The van der Waals surface area contributed by atoms with Gasteiger partial charge in [-0.1, -0.05) is 87.1 Å². The van der Waals surface area contributed by atoms with Crippen LogP contribution < -0.4 is 0 Å². The molecule has 4 rings (SSSR count). The first-order valence-electron chi connectivity index (χ1n) is 12.1. The zero-order valence-corrected chi connectivity index (χ0v) is 18.8. The predicted octanol–water partition coefficient (Wildman–Crippen LogP) is 8.22. The van der Waals surface area contributed by atoms with Gasteiger partial charge in [0, 0.05) is 0 Å². The van der Waals surface area contributed by atoms with E-state index in [1.807, 2.05) is 0 Å².